The normalized spacial score (nSPS) is 10.9. The number of hydrogen-bond donors (Lipinski definition) is 1. The van der Waals surface area contributed by atoms with Gasteiger partial charge in [0.1, 0.15) is 6.61 Å². The maximum Gasteiger partial charge on any atom is 0.272 e. The van der Waals surface area contributed by atoms with E-state index >= 15 is 0 Å². The fraction of sp³-hybridized carbons (Fsp3) is 0.0909. The highest BCUT2D eigenvalue weighted by molar-refractivity contribution is 9.10. The molecule has 31 heavy (non-hydrogen) atoms. The molecule has 0 saturated heterocycles. The molecule has 0 aliphatic rings. The van der Waals surface area contributed by atoms with E-state index in [1.807, 2.05) is 18.2 Å². The van der Waals surface area contributed by atoms with Crippen LogP contribution in [0.3, 0.4) is 0 Å². The monoisotopic (exact) mass is 540 g/mol. The van der Waals surface area contributed by atoms with Gasteiger partial charge in [0.25, 0.3) is 5.91 Å². The number of nitrogens with zero attached hydrogens (tertiary/aromatic N) is 1. The zero-order valence-electron chi connectivity index (χ0n) is 16.2. The Kier molecular flexibility index (Phi) is 8.21. The van der Waals surface area contributed by atoms with Crippen LogP contribution in [0.25, 0.3) is 0 Å². The SMILES string of the molecule is COc1cc(/C=N\NC(=O)c2ccc(Cl)cc2Cl)cc(Br)c1OCc1ccccc1Cl. The van der Waals surface area contributed by atoms with Crippen LogP contribution < -0.4 is 14.9 Å². The number of carbonyl (C=O) groups is 1. The molecule has 0 heterocycles. The summed E-state index contributed by atoms with van der Waals surface area (Å²) in [6, 6.07) is 15.6. The average Bonchev–Trinajstić information content (AvgIpc) is 2.73. The molecule has 0 bridgehead atoms. The molecule has 160 valence electrons. The predicted molar refractivity (Wildman–Crippen MR) is 128 cm³/mol. The standard InChI is InChI=1S/C22H16BrCl3N2O3/c1-30-20-9-13(11-27-28-22(29)16-7-6-15(24)10-19(16)26)8-17(23)21(20)31-12-14-4-2-3-5-18(14)25/h2-11H,12H2,1H3,(H,28,29)/b27-11-. The van der Waals surface area contributed by atoms with E-state index in [9.17, 15) is 4.79 Å². The maximum absolute atomic E-state index is 12.2. The Morgan fingerprint density at radius 2 is 1.87 bits per heavy atom. The number of hydrogen-bond acceptors (Lipinski definition) is 4. The van der Waals surface area contributed by atoms with Gasteiger partial charge in [0, 0.05) is 15.6 Å². The van der Waals surface area contributed by atoms with E-state index in [-0.39, 0.29) is 17.2 Å². The highest BCUT2D eigenvalue weighted by Crippen LogP contribution is 2.37. The Hall–Kier alpha value is -2.25. The van der Waals surface area contributed by atoms with Gasteiger partial charge in [-0.25, -0.2) is 5.43 Å². The third kappa shape index (κ3) is 6.14. The van der Waals surface area contributed by atoms with E-state index in [0.29, 0.717) is 31.6 Å². The summed E-state index contributed by atoms with van der Waals surface area (Å²) in [6.45, 7) is 0.278. The Morgan fingerprint density at radius 3 is 2.58 bits per heavy atom. The van der Waals surface area contributed by atoms with Crippen molar-refractivity contribution in [3.8, 4) is 11.5 Å². The molecule has 1 amide bonds. The van der Waals surface area contributed by atoms with Gasteiger partial charge in [0.2, 0.25) is 0 Å². The van der Waals surface area contributed by atoms with Gasteiger partial charge in [-0.2, -0.15) is 5.10 Å². The number of nitrogens with one attached hydrogen (secondary N) is 1. The van der Waals surface area contributed by atoms with Gasteiger partial charge < -0.3 is 9.47 Å². The van der Waals surface area contributed by atoms with Gasteiger partial charge >= 0.3 is 0 Å². The van der Waals surface area contributed by atoms with Crippen LogP contribution in [0.15, 0.2) is 64.2 Å². The summed E-state index contributed by atoms with van der Waals surface area (Å²) in [6.07, 6.45) is 1.48. The van der Waals surface area contributed by atoms with E-state index in [0.717, 1.165) is 5.56 Å². The topological polar surface area (TPSA) is 59.9 Å². The van der Waals surface area contributed by atoms with Crippen LogP contribution in [0.1, 0.15) is 21.5 Å². The maximum atomic E-state index is 12.2. The smallest absolute Gasteiger partial charge is 0.272 e. The minimum absolute atomic E-state index is 0.240. The molecule has 0 radical (unpaired) electrons. The van der Waals surface area contributed by atoms with E-state index in [1.165, 1.54) is 25.5 Å². The van der Waals surface area contributed by atoms with Crippen LogP contribution in [-0.2, 0) is 6.61 Å². The molecule has 0 fully saturated rings. The van der Waals surface area contributed by atoms with Crippen molar-refractivity contribution in [2.24, 2.45) is 5.10 Å². The lowest BCUT2D eigenvalue weighted by atomic mass is 10.2. The molecule has 0 atom stereocenters. The van der Waals surface area contributed by atoms with Gasteiger partial charge in [0.05, 0.1) is 28.4 Å². The van der Waals surface area contributed by atoms with Gasteiger partial charge in [-0.3, -0.25) is 4.79 Å². The van der Waals surface area contributed by atoms with Crippen LogP contribution in [0.2, 0.25) is 15.1 Å². The van der Waals surface area contributed by atoms with Crippen LogP contribution >= 0.6 is 50.7 Å². The number of methoxy groups -OCH3 is 1. The van der Waals surface area contributed by atoms with Crippen molar-refractivity contribution in [2.75, 3.05) is 7.11 Å². The lowest BCUT2D eigenvalue weighted by Crippen LogP contribution is -2.18. The molecular weight excluding hydrogens is 527 g/mol. The fourth-order valence-electron chi connectivity index (χ4n) is 2.62. The van der Waals surface area contributed by atoms with Crippen molar-refractivity contribution in [3.05, 3.63) is 90.8 Å². The minimum Gasteiger partial charge on any atom is -0.493 e. The number of carbonyl (C=O) groups excluding carboxylic acids is 1. The van der Waals surface area contributed by atoms with E-state index in [2.05, 4.69) is 26.5 Å². The van der Waals surface area contributed by atoms with Crippen LogP contribution in [0, 0.1) is 0 Å². The molecule has 0 unspecified atom stereocenters. The molecule has 3 rings (SSSR count). The molecular formula is C22H16BrCl3N2O3. The van der Waals surface area contributed by atoms with Crippen LogP contribution in [0.4, 0.5) is 0 Å². The molecule has 0 aromatic heterocycles. The first-order valence-corrected chi connectivity index (χ1v) is 10.8. The summed E-state index contributed by atoms with van der Waals surface area (Å²) in [4.78, 5) is 12.2. The number of benzene rings is 3. The third-order valence-electron chi connectivity index (χ3n) is 4.14. The summed E-state index contributed by atoms with van der Waals surface area (Å²) in [5, 5.41) is 5.29. The first kappa shape index (κ1) is 23.4. The van der Waals surface area contributed by atoms with E-state index in [4.69, 9.17) is 44.3 Å². The van der Waals surface area contributed by atoms with Crippen molar-refractivity contribution in [2.45, 2.75) is 6.61 Å². The molecule has 3 aromatic rings. The van der Waals surface area contributed by atoms with E-state index in [1.54, 1.807) is 24.3 Å². The second kappa shape index (κ2) is 10.9. The van der Waals surface area contributed by atoms with Crippen molar-refractivity contribution >= 4 is 62.9 Å². The summed E-state index contributed by atoms with van der Waals surface area (Å²) in [5.74, 6) is 0.565. The van der Waals surface area contributed by atoms with Crippen molar-refractivity contribution in [1.82, 2.24) is 5.43 Å². The summed E-state index contributed by atoms with van der Waals surface area (Å²) in [7, 11) is 1.54. The quantitative estimate of drug-likeness (QED) is 0.265. The summed E-state index contributed by atoms with van der Waals surface area (Å²) in [5.41, 5.74) is 4.23. The zero-order valence-corrected chi connectivity index (χ0v) is 20.0. The largest absolute Gasteiger partial charge is 0.493 e. The Bertz CT molecular complexity index is 1140. The summed E-state index contributed by atoms with van der Waals surface area (Å²) < 4.78 is 12.0. The first-order chi connectivity index (χ1) is 14.9. The van der Waals surface area contributed by atoms with Gasteiger partial charge in [0.15, 0.2) is 11.5 Å². The molecule has 0 aliphatic heterocycles. The second-order valence-corrected chi connectivity index (χ2v) is 8.34. The molecule has 0 aliphatic carbocycles. The van der Waals surface area contributed by atoms with Gasteiger partial charge in [-0.1, -0.05) is 53.0 Å². The lowest BCUT2D eigenvalue weighted by molar-refractivity contribution is 0.0955. The molecule has 0 saturated carbocycles. The van der Waals surface area contributed by atoms with E-state index < -0.39 is 5.91 Å². The predicted octanol–water partition coefficient (Wildman–Crippen LogP) is 6.76. The number of ether oxygens (including phenoxy) is 2. The van der Waals surface area contributed by atoms with Crippen LogP contribution in [0.5, 0.6) is 11.5 Å². The third-order valence-corrected chi connectivity index (χ3v) is 5.64. The van der Waals surface area contributed by atoms with Crippen molar-refractivity contribution in [1.29, 1.82) is 0 Å². The highest BCUT2D eigenvalue weighted by Gasteiger charge is 2.13. The number of amides is 1. The van der Waals surface area contributed by atoms with Crippen molar-refractivity contribution in [3.63, 3.8) is 0 Å². The molecule has 0 spiro atoms. The lowest BCUT2D eigenvalue weighted by Gasteiger charge is -2.14. The minimum atomic E-state index is -0.455. The van der Waals surface area contributed by atoms with Crippen LogP contribution in [-0.4, -0.2) is 19.2 Å². The number of hydrazone groups is 1. The van der Waals surface area contributed by atoms with Gasteiger partial charge in [-0.15, -0.1) is 0 Å². The Labute approximate surface area is 203 Å². The number of halogens is 4. The molecule has 9 heteroatoms. The Balaban J connectivity index is 1.71. The fourth-order valence-corrected chi connectivity index (χ4v) is 3.88. The molecule has 3 aromatic carbocycles. The number of rotatable bonds is 7. The van der Waals surface area contributed by atoms with Gasteiger partial charge in [-0.05, 0) is 57.9 Å². The second-order valence-electron chi connectivity index (χ2n) is 6.24. The molecule has 1 N–H and O–H groups in total. The summed E-state index contributed by atoms with van der Waals surface area (Å²) >= 11 is 21.6. The van der Waals surface area contributed by atoms with Crippen molar-refractivity contribution < 1.29 is 14.3 Å². The Morgan fingerprint density at radius 1 is 1.10 bits per heavy atom. The average molecular weight is 543 g/mol. The molecule has 5 nitrogen and oxygen atoms in total. The highest BCUT2D eigenvalue weighted by atomic mass is 79.9. The first-order valence-electron chi connectivity index (χ1n) is 8.91. The zero-order chi connectivity index (χ0) is 22.4.